The van der Waals surface area contributed by atoms with Gasteiger partial charge >= 0.3 is 7.12 Å². The monoisotopic (exact) mass is 434 g/mol. The van der Waals surface area contributed by atoms with Crippen LogP contribution in [-0.4, -0.2) is 91.7 Å². The van der Waals surface area contributed by atoms with Crippen LogP contribution in [-0.2, 0) is 14.9 Å². The van der Waals surface area contributed by atoms with Crippen LogP contribution in [0.25, 0.3) is 0 Å². The predicted octanol–water partition coefficient (Wildman–Crippen LogP) is -0.530. The molecule has 0 aromatic heterocycles. The Kier molecular flexibility index (Phi) is 8.54. The molecule has 11 heteroatoms. The Morgan fingerprint density at radius 3 is 2.48 bits per heavy atom. The molecule has 0 spiro atoms. The van der Waals surface area contributed by atoms with Crippen LogP contribution in [0.3, 0.4) is 0 Å². The summed E-state index contributed by atoms with van der Waals surface area (Å²) in [6, 6.07) is -0.0399. The maximum atomic E-state index is 13.6. The molecule has 0 aromatic rings. The molecule has 2 atom stereocenters. The number of hydrogen-bond acceptors (Lipinski definition) is 7. The third-order valence-corrected chi connectivity index (χ3v) is 7.67. The Bertz CT molecular complexity index is 626. The Hall–Kier alpha value is -0.265. The lowest BCUT2D eigenvalue weighted by atomic mass is 9.79. The normalized spacial score (nSPS) is 26.8. The van der Waals surface area contributed by atoms with Gasteiger partial charge in [0.25, 0.3) is 10.2 Å². The van der Waals surface area contributed by atoms with Crippen LogP contribution in [0.4, 0.5) is 0 Å². The number of hydrogen-bond donors (Lipinski definition) is 4. The van der Waals surface area contributed by atoms with E-state index in [1.54, 1.807) is 4.31 Å². The van der Waals surface area contributed by atoms with Gasteiger partial charge in [0, 0.05) is 39.3 Å². The summed E-state index contributed by atoms with van der Waals surface area (Å²) in [6.45, 7) is 11.1. The van der Waals surface area contributed by atoms with Crippen molar-refractivity contribution >= 4 is 17.3 Å². The van der Waals surface area contributed by atoms with Crippen molar-refractivity contribution in [2.45, 2.75) is 58.4 Å². The number of rotatable bonds is 11. The first-order valence-electron chi connectivity index (χ1n) is 10.6. The van der Waals surface area contributed by atoms with Gasteiger partial charge in [-0.3, -0.25) is 0 Å². The van der Waals surface area contributed by atoms with Crippen molar-refractivity contribution in [3.05, 3.63) is 0 Å². The fourth-order valence-corrected chi connectivity index (χ4v) is 6.14. The second-order valence-electron chi connectivity index (χ2n) is 9.70. The van der Waals surface area contributed by atoms with Crippen molar-refractivity contribution in [2.24, 2.45) is 17.1 Å². The fourth-order valence-electron chi connectivity index (χ4n) is 4.00. The highest BCUT2D eigenvalue weighted by Gasteiger charge is 2.50. The van der Waals surface area contributed by atoms with Gasteiger partial charge in [0.05, 0.1) is 18.2 Å². The molecule has 0 radical (unpaired) electrons. The first kappa shape index (κ1) is 25.0. The van der Waals surface area contributed by atoms with Crippen LogP contribution >= 0.6 is 0 Å². The first-order chi connectivity index (χ1) is 13.4. The maximum Gasteiger partial charge on any atom is 0.451 e. The number of nitrogens with zero attached hydrogens (tertiary/aromatic N) is 2. The fraction of sp³-hybridized carbons (Fsp3) is 1.00. The molecule has 9 nitrogen and oxygen atoms in total. The van der Waals surface area contributed by atoms with E-state index < -0.39 is 22.9 Å². The predicted molar refractivity (Wildman–Crippen MR) is 114 cm³/mol. The zero-order chi connectivity index (χ0) is 21.9. The molecular weight excluding hydrogens is 395 g/mol. The summed E-state index contributed by atoms with van der Waals surface area (Å²) in [5.74, 6) is -0.0985. The van der Waals surface area contributed by atoms with Gasteiger partial charge in [-0.25, -0.2) is 0 Å². The van der Waals surface area contributed by atoms with E-state index in [1.165, 1.54) is 4.31 Å². The van der Waals surface area contributed by atoms with E-state index in [9.17, 15) is 8.42 Å². The highest BCUT2D eigenvalue weighted by atomic mass is 32.2. The van der Waals surface area contributed by atoms with E-state index in [0.29, 0.717) is 45.6 Å². The molecule has 0 bridgehead atoms. The Labute approximate surface area is 176 Å². The highest BCUT2D eigenvalue weighted by molar-refractivity contribution is 7.86. The third kappa shape index (κ3) is 6.61. The quantitative estimate of drug-likeness (QED) is 0.322. The minimum atomic E-state index is -3.67. The van der Waals surface area contributed by atoms with Crippen LogP contribution in [0.5, 0.6) is 0 Å². The highest BCUT2D eigenvalue weighted by Crippen LogP contribution is 2.34. The summed E-state index contributed by atoms with van der Waals surface area (Å²) in [4.78, 5) is 0. The lowest BCUT2D eigenvalue weighted by molar-refractivity contribution is 0.0802. The molecule has 0 saturated carbocycles. The largest absolute Gasteiger partial charge is 0.451 e. The van der Waals surface area contributed by atoms with Crippen molar-refractivity contribution in [1.29, 1.82) is 0 Å². The average Bonchev–Trinajstić information content (AvgIpc) is 2.87. The third-order valence-electron chi connectivity index (χ3n) is 5.72. The van der Waals surface area contributed by atoms with E-state index in [0.717, 1.165) is 0 Å². The van der Waals surface area contributed by atoms with Gasteiger partial charge in [-0.05, 0) is 31.0 Å². The molecule has 0 unspecified atom stereocenters. The Morgan fingerprint density at radius 1 is 1.34 bits per heavy atom. The number of ether oxygens (including phenoxy) is 1. The van der Waals surface area contributed by atoms with Crippen LogP contribution in [0, 0.1) is 11.3 Å². The molecule has 2 fully saturated rings. The summed E-state index contributed by atoms with van der Waals surface area (Å²) >= 11 is 0. The smallest absolute Gasteiger partial charge is 0.427 e. The van der Waals surface area contributed by atoms with Gasteiger partial charge in [-0.1, -0.05) is 27.2 Å². The summed E-state index contributed by atoms with van der Waals surface area (Å²) in [7, 11) is -5.03. The van der Waals surface area contributed by atoms with E-state index in [4.69, 9.17) is 20.5 Å². The molecule has 2 aliphatic rings. The molecule has 0 aliphatic carbocycles. The van der Waals surface area contributed by atoms with Gasteiger partial charge in [0.15, 0.2) is 0 Å². The Balaban J connectivity index is 2.19. The molecule has 29 heavy (non-hydrogen) atoms. The molecular formula is C18H39BN4O5S. The molecule has 5 N–H and O–H groups in total. The van der Waals surface area contributed by atoms with Gasteiger partial charge in [0.1, 0.15) is 0 Å². The molecule has 2 heterocycles. The van der Waals surface area contributed by atoms with Crippen molar-refractivity contribution in [1.82, 2.24) is 13.9 Å². The summed E-state index contributed by atoms with van der Waals surface area (Å²) in [6.07, 6.45) is 1.44. The zero-order valence-corrected chi connectivity index (χ0v) is 19.1. The summed E-state index contributed by atoms with van der Waals surface area (Å²) < 4.78 is 35.9. The van der Waals surface area contributed by atoms with Crippen molar-refractivity contribution in [3.63, 3.8) is 0 Å². The molecule has 170 valence electrons. The van der Waals surface area contributed by atoms with Crippen LogP contribution in [0.2, 0.25) is 6.32 Å². The minimum Gasteiger partial charge on any atom is -0.427 e. The van der Waals surface area contributed by atoms with E-state index in [1.807, 2.05) is 27.7 Å². The van der Waals surface area contributed by atoms with Crippen molar-refractivity contribution in [2.75, 3.05) is 45.9 Å². The standard InChI is InChI=1S/C18H39BN4O5S/c1-5-28-14-18(20)13-22(11-15(18)7-6-8-19(24)25)29(26,27)23(12-17(2,3)4)16-9-21-10-16/h15-16,21,24-25H,5-14,20H2,1-4H3/t15-,18+/m0/s1. The molecule has 0 amide bonds. The summed E-state index contributed by atoms with van der Waals surface area (Å²) in [5, 5.41) is 21.4. The second-order valence-corrected chi connectivity index (χ2v) is 11.6. The van der Waals surface area contributed by atoms with Crippen LogP contribution in [0.1, 0.15) is 40.5 Å². The average molecular weight is 434 g/mol. The van der Waals surface area contributed by atoms with Crippen molar-refractivity contribution in [3.8, 4) is 0 Å². The maximum absolute atomic E-state index is 13.6. The van der Waals surface area contributed by atoms with Crippen LogP contribution in [0.15, 0.2) is 0 Å². The zero-order valence-electron chi connectivity index (χ0n) is 18.3. The lowest BCUT2D eigenvalue weighted by Gasteiger charge is -2.42. The minimum absolute atomic E-state index is 0.0399. The summed E-state index contributed by atoms with van der Waals surface area (Å²) in [5.41, 5.74) is 5.71. The SMILES string of the molecule is CCOC[C@]1(N)CN(S(=O)(=O)N(CC(C)(C)C)C2CNC2)C[C@@H]1CCCB(O)O. The Morgan fingerprint density at radius 2 is 2.00 bits per heavy atom. The van der Waals surface area contributed by atoms with Crippen molar-refractivity contribution < 1.29 is 23.2 Å². The molecule has 2 saturated heterocycles. The topological polar surface area (TPSA) is 128 Å². The van der Waals surface area contributed by atoms with Gasteiger partial charge in [-0.15, -0.1) is 0 Å². The number of nitrogens with one attached hydrogen (secondary N) is 1. The second kappa shape index (κ2) is 9.91. The van der Waals surface area contributed by atoms with Gasteiger partial charge < -0.3 is 25.8 Å². The van der Waals surface area contributed by atoms with Crippen LogP contribution < -0.4 is 11.1 Å². The first-order valence-corrected chi connectivity index (χ1v) is 12.0. The van der Waals surface area contributed by atoms with E-state index in [-0.39, 0.29) is 36.8 Å². The van der Waals surface area contributed by atoms with E-state index >= 15 is 0 Å². The molecule has 0 aromatic carbocycles. The lowest BCUT2D eigenvalue weighted by Crippen LogP contribution is -2.62. The van der Waals surface area contributed by atoms with E-state index in [2.05, 4.69) is 5.32 Å². The molecule has 2 rings (SSSR count). The number of nitrogens with two attached hydrogens (primary N) is 1. The van der Waals surface area contributed by atoms with Gasteiger partial charge in [0.2, 0.25) is 0 Å². The van der Waals surface area contributed by atoms with Gasteiger partial charge in [-0.2, -0.15) is 17.0 Å². The molecule has 2 aliphatic heterocycles.